The topological polar surface area (TPSA) is 121 Å². The van der Waals surface area contributed by atoms with Crippen LogP contribution < -0.4 is 5.32 Å². The maximum atomic E-state index is 11.6. The molecule has 29 heavy (non-hydrogen) atoms. The number of ether oxygens (including phenoxy) is 2. The molecule has 0 saturated carbocycles. The van der Waals surface area contributed by atoms with Gasteiger partial charge in [0.25, 0.3) is 0 Å². The molecule has 2 rings (SSSR count). The number of hydrogen-bond donors (Lipinski definition) is 1. The number of nitro groups is 1. The van der Waals surface area contributed by atoms with Gasteiger partial charge in [-0.25, -0.2) is 9.78 Å². The minimum Gasteiger partial charge on any atom is -0.465 e. The molecule has 0 radical (unpaired) electrons. The number of anilines is 1. The Morgan fingerprint density at radius 2 is 1.97 bits per heavy atom. The molecule has 1 unspecified atom stereocenters. The van der Waals surface area contributed by atoms with Crippen LogP contribution in [0, 0.1) is 10.1 Å². The Morgan fingerprint density at radius 1 is 1.28 bits per heavy atom. The minimum atomic E-state index is -0.532. The Morgan fingerprint density at radius 3 is 2.55 bits per heavy atom. The van der Waals surface area contributed by atoms with Gasteiger partial charge in [0.1, 0.15) is 0 Å². The van der Waals surface area contributed by atoms with Crippen molar-refractivity contribution in [2.45, 2.75) is 24.8 Å². The highest BCUT2D eigenvalue weighted by Crippen LogP contribution is 2.35. The fourth-order valence-corrected chi connectivity index (χ4v) is 3.31. The molecule has 0 bridgehead atoms. The molecule has 0 aliphatic rings. The molecule has 1 aromatic heterocycles. The standard InChI is InChI=1S/C19H21N3O6S/c1-4-28-16(23)11-29-15-9-10-20-18(17(15)22(25)26)21-12(2)13-5-7-14(8-6-13)19(24)27-3/h5-10,12H,4,11H2,1-3H3,(H,20,21). The maximum Gasteiger partial charge on any atom is 0.337 e. The Labute approximate surface area is 172 Å². The van der Waals surface area contributed by atoms with E-state index in [-0.39, 0.29) is 29.9 Å². The van der Waals surface area contributed by atoms with E-state index in [0.29, 0.717) is 10.5 Å². The van der Waals surface area contributed by atoms with Crippen LogP contribution in [-0.2, 0) is 14.3 Å². The summed E-state index contributed by atoms with van der Waals surface area (Å²) in [6.45, 7) is 3.76. The molecule has 10 heteroatoms. The summed E-state index contributed by atoms with van der Waals surface area (Å²) in [5, 5.41) is 14.7. The van der Waals surface area contributed by atoms with Crippen LogP contribution in [-0.4, -0.2) is 41.3 Å². The van der Waals surface area contributed by atoms with Gasteiger partial charge in [-0.1, -0.05) is 12.1 Å². The summed E-state index contributed by atoms with van der Waals surface area (Å²) in [6.07, 6.45) is 1.44. The molecule has 1 atom stereocenters. The van der Waals surface area contributed by atoms with E-state index in [0.717, 1.165) is 17.3 Å². The van der Waals surface area contributed by atoms with Crippen LogP contribution in [0.25, 0.3) is 0 Å². The molecule has 0 fully saturated rings. The molecule has 9 nitrogen and oxygen atoms in total. The van der Waals surface area contributed by atoms with E-state index < -0.39 is 16.9 Å². The first-order valence-electron chi connectivity index (χ1n) is 8.74. The smallest absolute Gasteiger partial charge is 0.337 e. The van der Waals surface area contributed by atoms with Crippen LogP contribution in [0.2, 0.25) is 0 Å². The van der Waals surface area contributed by atoms with Gasteiger partial charge in [0.05, 0.1) is 40.9 Å². The zero-order valence-corrected chi connectivity index (χ0v) is 17.0. The molecule has 0 spiro atoms. The molecular formula is C19H21N3O6S. The zero-order valence-electron chi connectivity index (χ0n) is 16.2. The van der Waals surface area contributed by atoms with Gasteiger partial charge in [0, 0.05) is 6.20 Å². The van der Waals surface area contributed by atoms with E-state index in [1.807, 2.05) is 6.92 Å². The van der Waals surface area contributed by atoms with E-state index in [4.69, 9.17) is 4.74 Å². The normalized spacial score (nSPS) is 11.4. The predicted octanol–water partition coefficient (Wildman–Crippen LogP) is 3.60. The van der Waals surface area contributed by atoms with E-state index in [1.165, 1.54) is 19.4 Å². The van der Waals surface area contributed by atoms with Gasteiger partial charge in [0.15, 0.2) is 0 Å². The van der Waals surface area contributed by atoms with Crippen molar-refractivity contribution in [3.63, 3.8) is 0 Å². The molecule has 1 heterocycles. The number of nitrogens with one attached hydrogen (secondary N) is 1. The summed E-state index contributed by atoms with van der Waals surface area (Å²) in [5.74, 6) is -0.839. The van der Waals surface area contributed by atoms with Gasteiger partial charge < -0.3 is 14.8 Å². The highest BCUT2D eigenvalue weighted by molar-refractivity contribution is 8.00. The van der Waals surface area contributed by atoms with Crippen molar-refractivity contribution in [1.29, 1.82) is 0 Å². The van der Waals surface area contributed by atoms with Crippen LogP contribution in [0.1, 0.15) is 35.8 Å². The van der Waals surface area contributed by atoms with E-state index in [2.05, 4.69) is 15.0 Å². The van der Waals surface area contributed by atoms with E-state index in [9.17, 15) is 19.7 Å². The van der Waals surface area contributed by atoms with Crippen molar-refractivity contribution >= 4 is 35.2 Å². The number of carbonyl (C=O) groups excluding carboxylic acids is 2. The number of benzene rings is 1. The van der Waals surface area contributed by atoms with Crippen LogP contribution in [0.4, 0.5) is 11.5 Å². The first-order chi connectivity index (χ1) is 13.9. The van der Waals surface area contributed by atoms with Crippen LogP contribution in [0.3, 0.4) is 0 Å². The highest BCUT2D eigenvalue weighted by atomic mass is 32.2. The number of rotatable bonds is 9. The average Bonchev–Trinajstić information content (AvgIpc) is 2.71. The molecule has 0 aliphatic carbocycles. The Kier molecular flexibility index (Phi) is 7.96. The molecule has 1 N–H and O–H groups in total. The van der Waals surface area contributed by atoms with Gasteiger partial charge in [-0.15, -0.1) is 11.8 Å². The van der Waals surface area contributed by atoms with Crippen molar-refractivity contribution < 1.29 is 24.0 Å². The Balaban J connectivity index is 2.20. The second-order valence-electron chi connectivity index (χ2n) is 5.84. The molecule has 1 aromatic carbocycles. The van der Waals surface area contributed by atoms with Crippen LogP contribution in [0.15, 0.2) is 41.4 Å². The summed E-state index contributed by atoms with van der Waals surface area (Å²) < 4.78 is 9.53. The highest BCUT2D eigenvalue weighted by Gasteiger charge is 2.24. The predicted molar refractivity (Wildman–Crippen MR) is 108 cm³/mol. The van der Waals surface area contributed by atoms with Gasteiger partial charge >= 0.3 is 17.6 Å². The van der Waals surface area contributed by atoms with Crippen LogP contribution >= 0.6 is 11.8 Å². The molecular weight excluding hydrogens is 398 g/mol. The average molecular weight is 419 g/mol. The zero-order chi connectivity index (χ0) is 21.4. The number of thioether (sulfide) groups is 1. The lowest BCUT2D eigenvalue weighted by Gasteiger charge is -2.16. The SMILES string of the molecule is CCOC(=O)CSc1ccnc(NC(C)c2ccc(C(=O)OC)cc2)c1[N+](=O)[O-]. The molecule has 2 aromatic rings. The Bertz CT molecular complexity index is 888. The number of carbonyl (C=O) groups is 2. The van der Waals surface area contributed by atoms with E-state index in [1.54, 1.807) is 31.2 Å². The third-order valence-corrected chi connectivity index (χ3v) is 4.93. The number of nitrogens with zero attached hydrogens (tertiary/aromatic N) is 2. The lowest BCUT2D eigenvalue weighted by molar-refractivity contribution is -0.387. The van der Waals surface area contributed by atoms with Crippen molar-refractivity contribution in [1.82, 2.24) is 4.98 Å². The number of aromatic nitrogens is 1. The lowest BCUT2D eigenvalue weighted by Crippen LogP contribution is -2.11. The van der Waals surface area contributed by atoms with E-state index >= 15 is 0 Å². The largest absolute Gasteiger partial charge is 0.465 e. The molecule has 0 aliphatic heterocycles. The van der Waals surface area contributed by atoms with Crippen molar-refractivity contribution in [3.05, 3.63) is 57.8 Å². The third-order valence-electron chi connectivity index (χ3n) is 3.91. The molecule has 0 amide bonds. The fraction of sp³-hybridized carbons (Fsp3) is 0.316. The summed E-state index contributed by atoms with van der Waals surface area (Å²) in [6, 6.07) is 7.87. The third kappa shape index (κ3) is 5.92. The Hall–Kier alpha value is -3.14. The molecule has 154 valence electrons. The second-order valence-corrected chi connectivity index (χ2v) is 6.85. The van der Waals surface area contributed by atoms with Gasteiger partial charge in [-0.3, -0.25) is 14.9 Å². The van der Waals surface area contributed by atoms with Gasteiger partial charge in [-0.05, 0) is 37.6 Å². The summed E-state index contributed by atoms with van der Waals surface area (Å²) in [5.41, 5.74) is 1.00. The first-order valence-corrected chi connectivity index (χ1v) is 9.72. The maximum absolute atomic E-state index is 11.6. The number of pyridine rings is 1. The number of esters is 2. The molecule has 0 saturated heterocycles. The summed E-state index contributed by atoms with van der Waals surface area (Å²) in [4.78, 5) is 38.6. The minimum absolute atomic E-state index is 0.0390. The fourth-order valence-electron chi connectivity index (χ4n) is 2.49. The van der Waals surface area contributed by atoms with Gasteiger partial charge in [-0.2, -0.15) is 0 Å². The summed E-state index contributed by atoms with van der Waals surface area (Å²) in [7, 11) is 1.30. The lowest BCUT2D eigenvalue weighted by atomic mass is 10.1. The second kappa shape index (κ2) is 10.4. The number of hydrogen-bond acceptors (Lipinski definition) is 9. The van der Waals surface area contributed by atoms with Crippen molar-refractivity contribution in [3.8, 4) is 0 Å². The quantitative estimate of drug-likeness (QED) is 0.281. The summed E-state index contributed by atoms with van der Waals surface area (Å²) >= 11 is 1.02. The first kappa shape index (κ1) is 22.2. The monoisotopic (exact) mass is 419 g/mol. The van der Waals surface area contributed by atoms with Crippen molar-refractivity contribution in [2.24, 2.45) is 0 Å². The van der Waals surface area contributed by atoms with Crippen LogP contribution in [0.5, 0.6) is 0 Å². The van der Waals surface area contributed by atoms with Crippen molar-refractivity contribution in [2.75, 3.05) is 24.8 Å². The number of methoxy groups -OCH3 is 1. The van der Waals surface area contributed by atoms with Gasteiger partial charge in [0.2, 0.25) is 5.82 Å².